The molecule has 1 aromatic heterocycles. The fourth-order valence-corrected chi connectivity index (χ4v) is 3.36. The van der Waals surface area contributed by atoms with Crippen LogP contribution >= 0.6 is 0 Å². The number of nitrogens with zero attached hydrogens (tertiary/aromatic N) is 2. The summed E-state index contributed by atoms with van der Waals surface area (Å²) in [6, 6.07) is 6.95. The Hall–Kier alpha value is -1.52. The van der Waals surface area contributed by atoms with Gasteiger partial charge in [0.15, 0.2) is 0 Å². The third kappa shape index (κ3) is 3.39. The molecule has 112 valence electrons. The van der Waals surface area contributed by atoms with Crippen LogP contribution in [-0.2, 0) is 6.54 Å². The van der Waals surface area contributed by atoms with E-state index in [0.29, 0.717) is 5.92 Å². The number of likely N-dealkylation sites (tertiary alicyclic amines) is 1. The van der Waals surface area contributed by atoms with E-state index in [1.54, 1.807) is 18.3 Å². The first-order chi connectivity index (χ1) is 10.3. The molecule has 1 atom stereocenters. The number of halogens is 1. The Morgan fingerprint density at radius 3 is 3.14 bits per heavy atom. The zero-order valence-corrected chi connectivity index (χ0v) is 12.3. The van der Waals surface area contributed by atoms with Crippen LogP contribution in [0.4, 0.5) is 4.39 Å². The van der Waals surface area contributed by atoms with E-state index >= 15 is 0 Å². The highest BCUT2D eigenvalue weighted by Gasteiger charge is 2.20. The molecule has 1 aromatic carbocycles. The lowest BCUT2D eigenvalue weighted by Gasteiger charge is -2.32. The van der Waals surface area contributed by atoms with Crippen molar-refractivity contribution < 1.29 is 4.39 Å². The molecule has 2 N–H and O–H groups in total. The van der Waals surface area contributed by atoms with Gasteiger partial charge in [-0.25, -0.2) is 4.39 Å². The quantitative estimate of drug-likeness (QED) is 0.940. The van der Waals surface area contributed by atoms with Crippen LogP contribution in [0, 0.1) is 11.7 Å². The van der Waals surface area contributed by atoms with Crippen molar-refractivity contribution in [2.45, 2.75) is 25.8 Å². The maximum atomic E-state index is 13.8. The molecule has 1 fully saturated rings. The van der Waals surface area contributed by atoms with Gasteiger partial charge < -0.3 is 5.73 Å². The van der Waals surface area contributed by atoms with E-state index in [4.69, 9.17) is 5.73 Å². The largest absolute Gasteiger partial charge is 0.330 e. The second-order valence-corrected chi connectivity index (χ2v) is 5.96. The lowest BCUT2D eigenvalue weighted by atomic mass is 9.94. The monoisotopic (exact) mass is 287 g/mol. The molecular formula is C17H22FN3. The predicted octanol–water partition coefficient (Wildman–Crippen LogP) is 2.93. The fourth-order valence-electron chi connectivity index (χ4n) is 3.36. The van der Waals surface area contributed by atoms with Gasteiger partial charge in [0.05, 0.1) is 5.52 Å². The highest BCUT2D eigenvalue weighted by molar-refractivity contribution is 5.81. The summed E-state index contributed by atoms with van der Waals surface area (Å²) in [5, 5.41) is 0.878. The van der Waals surface area contributed by atoms with Gasteiger partial charge in [-0.3, -0.25) is 9.88 Å². The number of pyridine rings is 1. The zero-order chi connectivity index (χ0) is 14.7. The number of hydrogen-bond acceptors (Lipinski definition) is 3. The summed E-state index contributed by atoms with van der Waals surface area (Å²) in [5.41, 5.74) is 7.58. The predicted molar refractivity (Wildman–Crippen MR) is 83.4 cm³/mol. The topological polar surface area (TPSA) is 42.1 Å². The van der Waals surface area contributed by atoms with Crippen LogP contribution in [0.5, 0.6) is 0 Å². The van der Waals surface area contributed by atoms with Crippen LogP contribution in [0.2, 0.25) is 0 Å². The van der Waals surface area contributed by atoms with E-state index in [9.17, 15) is 4.39 Å². The molecule has 4 heteroatoms. The molecule has 2 heterocycles. The maximum Gasteiger partial charge on any atom is 0.124 e. The molecule has 0 amide bonds. The highest BCUT2D eigenvalue weighted by atomic mass is 19.1. The minimum atomic E-state index is -0.180. The third-order valence-electron chi connectivity index (χ3n) is 4.32. The van der Waals surface area contributed by atoms with Gasteiger partial charge >= 0.3 is 0 Å². The van der Waals surface area contributed by atoms with Crippen LogP contribution in [0.25, 0.3) is 10.9 Å². The standard InChI is InChI=1S/C17H22FN3/c18-16-9-14-4-1-7-20-17(14)15(10-16)12-21-8-2-3-13(11-21)5-6-19/h1,4,7,9-10,13H,2-3,5-6,8,11-12,19H2. The molecule has 0 spiro atoms. The van der Waals surface area contributed by atoms with E-state index in [2.05, 4.69) is 9.88 Å². The summed E-state index contributed by atoms with van der Waals surface area (Å²) < 4.78 is 13.8. The van der Waals surface area contributed by atoms with Gasteiger partial charge in [-0.1, -0.05) is 6.07 Å². The molecule has 1 unspecified atom stereocenters. The molecule has 3 rings (SSSR count). The van der Waals surface area contributed by atoms with Gasteiger partial charge in [0, 0.05) is 24.7 Å². The number of hydrogen-bond donors (Lipinski definition) is 1. The van der Waals surface area contributed by atoms with E-state index < -0.39 is 0 Å². The van der Waals surface area contributed by atoms with Gasteiger partial charge in [-0.05, 0) is 62.0 Å². The Morgan fingerprint density at radius 1 is 1.38 bits per heavy atom. The van der Waals surface area contributed by atoms with Crippen molar-refractivity contribution in [2.75, 3.05) is 19.6 Å². The average molecular weight is 287 g/mol. The Morgan fingerprint density at radius 2 is 2.29 bits per heavy atom. The fraction of sp³-hybridized carbons (Fsp3) is 0.471. The Kier molecular flexibility index (Phi) is 4.46. The van der Waals surface area contributed by atoms with Gasteiger partial charge in [-0.15, -0.1) is 0 Å². The summed E-state index contributed by atoms with van der Waals surface area (Å²) in [5.74, 6) is 0.498. The minimum Gasteiger partial charge on any atom is -0.330 e. The summed E-state index contributed by atoms with van der Waals surface area (Å²) in [7, 11) is 0. The SMILES string of the molecule is NCCC1CCCN(Cc2cc(F)cc3cccnc23)C1. The molecule has 3 nitrogen and oxygen atoms in total. The van der Waals surface area contributed by atoms with E-state index in [-0.39, 0.29) is 5.82 Å². The van der Waals surface area contributed by atoms with Crippen LogP contribution in [0.3, 0.4) is 0 Å². The number of piperidine rings is 1. The molecular weight excluding hydrogens is 265 g/mol. The van der Waals surface area contributed by atoms with Crippen molar-refractivity contribution >= 4 is 10.9 Å². The average Bonchev–Trinajstić information content (AvgIpc) is 2.48. The van der Waals surface area contributed by atoms with Gasteiger partial charge in [0.25, 0.3) is 0 Å². The molecule has 2 aromatic rings. The van der Waals surface area contributed by atoms with Crippen LogP contribution < -0.4 is 5.73 Å². The molecule has 0 radical (unpaired) electrons. The number of fused-ring (bicyclic) bond motifs is 1. The van der Waals surface area contributed by atoms with Gasteiger partial charge in [0.1, 0.15) is 5.82 Å². The molecule has 21 heavy (non-hydrogen) atoms. The third-order valence-corrected chi connectivity index (χ3v) is 4.32. The molecule has 0 aliphatic carbocycles. The first-order valence-corrected chi connectivity index (χ1v) is 7.72. The van der Waals surface area contributed by atoms with Crippen LogP contribution in [0.1, 0.15) is 24.8 Å². The normalized spacial score (nSPS) is 20.0. The molecule has 1 aliphatic rings. The first-order valence-electron chi connectivity index (χ1n) is 7.72. The second-order valence-electron chi connectivity index (χ2n) is 5.96. The molecule has 1 aliphatic heterocycles. The minimum absolute atomic E-state index is 0.180. The molecule has 0 saturated carbocycles. The van der Waals surface area contributed by atoms with E-state index in [0.717, 1.165) is 49.1 Å². The van der Waals surface area contributed by atoms with Crippen molar-refractivity contribution in [1.82, 2.24) is 9.88 Å². The lowest BCUT2D eigenvalue weighted by molar-refractivity contribution is 0.163. The Labute approximate surface area is 125 Å². The summed E-state index contributed by atoms with van der Waals surface area (Å²) in [6.45, 7) is 3.66. The lowest BCUT2D eigenvalue weighted by Crippen LogP contribution is -2.35. The van der Waals surface area contributed by atoms with Crippen LogP contribution in [-0.4, -0.2) is 29.5 Å². The summed E-state index contributed by atoms with van der Waals surface area (Å²) in [6.07, 6.45) is 5.32. The molecule has 0 bridgehead atoms. The van der Waals surface area contributed by atoms with Gasteiger partial charge in [-0.2, -0.15) is 0 Å². The maximum absolute atomic E-state index is 13.8. The number of nitrogens with two attached hydrogens (primary N) is 1. The smallest absolute Gasteiger partial charge is 0.124 e. The zero-order valence-electron chi connectivity index (χ0n) is 12.3. The number of rotatable bonds is 4. The second kappa shape index (κ2) is 6.50. The number of aromatic nitrogens is 1. The van der Waals surface area contributed by atoms with Crippen LogP contribution in [0.15, 0.2) is 30.5 Å². The highest BCUT2D eigenvalue weighted by Crippen LogP contribution is 2.24. The van der Waals surface area contributed by atoms with Gasteiger partial charge in [0.2, 0.25) is 0 Å². The Balaban J connectivity index is 1.81. The van der Waals surface area contributed by atoms with Crippen molar-refractivity contribution in [2.24, 2.45) is 11.7 Å². The Bertz CT molecular complexity index is 612. The summed E-state index contributed by atoms with van der Waals surface area (Å²) >= 11 is 0. The first kappa shape index (κ1) is 14.4. The molecule has 1 saturated heterocycles. The van der Waals surface area contributed by atoms with Crippen molar-refractivity contribution in [3.63, 3.8) is 0 Å². The van der Waals surface area contributed by atoms with E-state index in [1.807, 2.05) is 12.1 Å². The van der Waals surface area contributed by atoms with E-state index in [1.165, 1.54) is 12.8 Å². The van der Waals surface area contributed by atoms with Crippen molar-refractivity contribution in [3.05, 3.63) is 41.8 Å². The summed E-state index contributed by atoms with van der Waals surface area (Å²) in [4.78, 5) is 6.84. The van der Waals surface area contributed by atoms with Crippen molar-refractivity contribution in [1.29, 1.82) is 0 Å². The van der Waals surface area contributed by atoms with Crippen molar-refractivity contribution in [3.8, 4) is 0 Å². The number of benzene rings is 1.